The average Bonchev–Trinajstić information content (AvgIpc) is 2.99. The summed E-state index contributed by atoms with van der Waals surface area (Å²) in [6, 6.07) is 6.31. The molecule has 0 aromatic heterocycles. The van der Waals surface area contributed by atoms with E-state index < -0.39 is 0 Å². The molecule has 1 aromatic rings. The van der Waals surface area contributed by atoms with E-state index in [9.17, 15) is 5.11 Å². The maximum absolute atomic E-state index is 10.2. The Morgan fingerprint density at radius 1 is 1.24 bits per heavy atom. The van der Waals surface area contributed by atoms with Crippen LogP contribution in [0.3, 0.4) is 0 Å². The van der Waals surface area contributed by atoms with E-state index in [0.29, 0.717) is 0 Å². The van der Waals surface area contributed by atoms with Gasteiger partial charge in [0.15, 0.2) is 0 Å². The van der Waals surface area contributed by atoms with Gasteiger partial charge in [0.05, 0.1) is 6.10 Å². The number of benzene rings is 1. The zero-order chi connectivity index (χ0) is 12.4. The molecule has 1 aliphatic rings. The molecule has 0 amide bonds. The van der Waals surface area contributed by atoms with Crippen molar-refractivity contribution in [3.8, 4) is 0 Å². The predicted octanol–water partition coefficient (Wildman–Crippen LogP) is 2.68. The van der Waals surface area contributed by atoms with Crippen molar-refractivity contribution in [3.63, 3.8) is 0 Å². The second-order valence-corrected chi connectivity index (χ2v) is 5.60. The molecule has 17 heavy (non-hydrogen) atoms. The lowest BCUT2D eigenvalue weighted by molar-refractivity contribution is 0.124. The minimum atomic E-state index is -0.364. The molecule has 0 heterocycles. The Balaban J connectivity index is 1.95. The van der Waals surface area contributed by atoms with Crippen molar-refractivity contribution in [2.45, 2.75) is 32.8 Å². The Morgan fingerprint density at radius 2 is 1.82 bits per heavy atom. The van der Waals surface area contributed by atoms with Gasteiger partial charge in [0, 0.05) is 13.1 Å². The van der Waals surface area contributed by atoms with Gasteiger partial charge in [-0.2, -0.15) is 0 Å². The van der Waals surface area contributed by atoms with Crippen molar-refractivity contribution in [2.24, 2.45) is 5.92 Å². The Labute approximate surface area is 104 Å². The van der Waals surface area contributed by atoms with Crippen LogP contribution in [0.5, 0.6) is 0 Å². The van der Waals surface area contributed by atoms with Gasteiger partial charge in [-0.15, -0.1) is 0 Å². The second-order valence-electron chi connectivity index (χ2n) is 5.60. The minimum absolute atomic E-state index is 0.364. The third-order valence-corrected chi connectivity index (χ3v) is 3.38. The van der Waals surface area contributed by atoms with Gasteiger partial charge in [-0.1, -0.05) is 29.3 Å². The first-order valence-electron chi connectivity index (χ1n) is 6.49. The molecule has 1 unspecified atom stereocenters. The van der Waals surface area contributed by atoms with Crippen molar-refractivity contribution in [1.82, 2.24) is 4.90 Å². The number of likely N-dealkylation sites (N-methyl/N-ethyl adjacent to an activating group) is 1. The largest absolute Gasteiger partial charge is 0.387 e. The molecule has 94 valence electrons. The standard InChI is InChI=1S/C15H23NO/c1-11-6-12(2)8-14(7-11)15(17)10-16(3)9-13-4-5-13/h6-8,13,15,17H,4-5,9-10H2,1-3H3. The van der Waals surface area contributed by atoms with Gasteiger partial charge in [0.1, 0.15) is 0 Å². The highest BCUT2D eigenvalue weighted by atomic mass is 16.3. The van der Waals surface area contributed by atoms with E-state index in [4.69, 9.17) is 0 Å². The summed E-state index contributed by atoms with van der Waals surface area (Å²) in [7, 11) is 2.10. The molecule has 1 N–H and O–H groups in total. The molecule has 1 aromatic carbocycles. The van der Waals surface area contributed by atoms with Crippen LogP contribution in [0.2, 0.25) is 0 Å². The first-order valence-corrected chi connectivity index (χ1v) is 6.49. The molecule has 0 spiro atoms. The SMILES string of the molecule is Cc1cc(C)cc(C(O)CN(C)CC2CC2)c1. The first kappa shape index (κ1) is 12.6. The Kier molecular flexibility index (Phi) is 3.85. The molecular weight excluding hydrogens is 210 g/mol. The van der Waals surface area contributed by atoms with Crippen LogP contribution in [-0.2, 0) is 0 Å². The van der Waals surface area contributed by atoms with Crippen molar-refractivity contribution in [3.05, 3.63) is 34.9 Å². The number of hydrogen-bond acceptors (Lipinski definition) is 2. The molecule has 0 aliphatic heterocycles. The summed E-state index contributed by atoms with van der Waals surface area (Å²) in [5, 5.41) is 10.2. The van der Waals surface area contributed by atoms with E-state index in [1.54, 1.807) is 0 Å². The van der Waals surface area contributed by atoms with E-state index in [2.05, 4.69) is 44.0 Å². The van der Waals surface area contributed by atoms with E-state index in [0.717, 1.165) is 24.6 Å². The highest BCUT2D eigenvalue weighted by molar-refractivity contribution is 5.30. The van der Waals surface area contributed by atoms with Crippen molar-refractivity contribution < 1.29 is 5.11 Å². The van der Waals surface area contributed by atoms with Crippen LogP contribution in [0, 0.1) is 19.8 Å². The van der Waals surface area contributed by atoms with E-state index in [-0.39, 0.29) is 6.10 Å². The zero-order valence-electron chi connectivity index (χ0n) is 11.1. The number of rotatable bonds is 5. The molecule has 0 bridgehead atoms. The molecule has 0 saturated heterocycles. The van der Waals surface area contributed by atoms with Crippen LogP contribution in [-0.4, -0.2) is 30.1 Å². The number of nitrogens with zero attached hydrogens (tertiary/aromatic N) is 1. The summed E-state index contributed by atoms with van der Waals surface area (Å²) in [5.74, 6) is 0.881. The van der Waals surface area contributed by atoms with Gasteiger partial charge in [-0.25, -0.2) is 0 Å². The van der Waals surface area contributed by atoms with Crippen molar-refractivity contribution in [2.75, 3.05) is 20.1 Å². The lowest BCUT2D eigenvalue weighted by atomic mass is 10.0. The smallest absolute Gasteiger partial charge is 0.0916 e. The summed E-state index contributed by atoms with van der Waals surface area (Å²) in [5.41, 5.74) is 3.50. The molecule has 2 nitrogen and oxygen atoms in total. The predicted molar refractivity (Wildman–Crippen MR) is 71.1 cm³/mol. The topological polar surface area (TPSA) is 23.5 Å². The van der Waals surface area contributed by atoms with Crippen molar-refractivity contribution >= 4 is 0 Å². The number of hydrogen-bond donors (Lipinski definition) is 1. The quantitative estimate of drug-likeness (QED) is 0.845. The van der Waals surface area contributed by atoms with Gasteiger partial charge in [0.2, 0.25) is 0 Å². The highest BCUT2D eigenvalue weighted by Gasteiger charge is 2.23. The van der Waals surface area contributed by atoms with Crippen LogP contribution in [0.25, 0.3) is 0 Å². The van der Waals surface area contributed by atoms with Crippen molar-refractivity contribution in [1.29, 1.82) is 0 Å². The third kappa shape index (κ3) is 3.83. The summed E-state index contributed by atoms with van der Waals surface area (Å²) < 4.78 is 0. The van der Waals surface area contributed by atoms with Crippen LogP contribution < -0.4 is 0 Å². The molecule has 1 atom stereocenters. The summed E-state index contributed by atoms with van der Waals surface area (Å²) >= 11 is 0. The van der Waals surface area contributed by atoms with Gasteiger partial charge in [-0.05, 0) is 45.2 Å². The lowest BCUT2D eigenvalue weighted by Gasteiger charge is -2.21. The van der Waals surface area contributed by atoms with E-state index in [1.807, 2.05) is 0 Å². The monoisotopic (exact) mass is 233 g/mol. The average molecular weight is 233 g/mol. The fourth-order valence-electron chi connectivity index (χ4n) is 2.42. The van der Waals surface area contributed by atoms with E-state index >= 15 is 0 Å². The fourth-order valence-corrected chi connectivity index (χ4v) is 2.42. The van der Waals surface area contributed by atoms with Crippen LogP contribution in [0.1, 0.15) is 35.6 Å². The molecule has 0 radical (unpaired) electrons. The number of aliphatic hydroxyl groups is 1. The summed E-state index contributed by atoms with van der Waals surface area (Å²) in [6.07, 6.45) is 2.37. The maximum atomic E-state index is 10.2. The van der Waals surface area contributed by atoms with Crippen LogP contribution >= 0.6 is 0 Å². The number of aliphatic hydroxyl groups excluding tert-OH is 1. The molecule has 2 heteroatoms. The molecule has 2 rings (SSSR count). The number of aryl methyl sites for hydroxylation is 2. The second kappa shape index (κ2) is 5.19. The normalized spacial score (nSPS) is 17.5. The van der Waals surface area contributed by atoms with Gasteiger partial charge in [-0.3, -0.25) is 0 Å². The highest BCUT2D eigenvalue weighted by Crippen LogP contribution is 2.29. The van der Waals surface area contributed by atoms with Gasteiger partial charge in [0.25, 0.3) is 0 Å². The Morgan fingerprint density at radius 3 is 2.35 bits per heavy atom. The fraction of sp³-hybridized carbons (Fsp3) is 0.600. The summed E-state index contributed by atoms with van der Waals surface area (Å²) in [6.45, 7) is 6.02. The van der Waals surface area contributed by atoms with Gasteiger partial charge < -0.3 is 10.0 Å². The minimum Gasteiger partial charge on any atom is -0.387 e. The summed E-state index contributed by atoms with van der Waals surface area (Å²) in [4.78, 5) is 2.25. The zero-order valence-corrected chi connectivity index (χ0v) is 11.1. The Hall–Kier alpha value is -0.860. The lowest BCUT2D eigenvalue weighted by Crippen LogP contribution is -2.26. The van der Waals surface area contributed by atoms with Gasteiger partial charge >= 0.3 is 0 Å². The maximum Gasteiger partial charge on any atom is 0.0916 e. The van der Waals surface area contributed by atoms with E-state index in [1.165, 1.54) is 24.0 Å². The van der Waals surface area contributed by atoms with Crippen LogP contribution in [0.15, 0.2) is 18.2 Å². The molecule has 1 aliphatic carbocycles. The first-order chi connectivity index (χ1) is 8.04. The molecule has 1 saturated carbocycles. The van der Waals surface area contributed by atoms with Crippen LogP contribution in [0.4, 0.5) is 0 Å². The Bertz CT molecular complexity index is 364. The molecule has 1 fully saturated rings. The molecular formula is C15H23NO. The third-order valence-electron chi connectivity index (χ3n) is 3.38.